The summed E-state index contributed by atoms with van der Waals surface area (Å²) in [6.45, 7) is 4.29. The quantitative estimate of drug-likeness (QED) is 0.581. The van der Waals surface area contributed by atoms with Crippen molar-refractivity contribution in [1.29, 1.82) is 0 Å². The molecule has 0 saturated heterocycles. The maximum Gasteiger partial charge on any atom is 0.338 e. The number of thiocarbonyl (C=S) groups is 1. The maximum absolute atomic E-state index is 12.7. The fourth-order valence-corrected chi connectivity index (χ4v) is 3.41. The van der Waals surface area contributed by atoms with E-state index in [9.17, 15) is 4.79 Å². The summed E-state index contributed by atoms with van der Waals surface area (Å²) in [4.78, 5) is 12.7. The molecule has 0 fully saturated rings. The average molecular weight is 401 g/mol. The second kappa shape index (κ2) is 8.11. The molecule has 0 aliphatic carbocycles. The third-order valence-electron chi connectivity index (χ3n) is 4.55. The molecule has 2 aromatic carbocycles. The van der Waals surface area contributed by atoms with Gasteiger partial charge in [-0.25, -0.2) is 4.79 Å². The van der Waals surface area contributed by atoms with Gasteiger partial charge in [-0.3, -0.25) is 0 Å². The molecule has 0 radical (unpaired) electrons. The average Bonchev–Trinajstić information content (AvgIpc) is 2.67. The van der Waals surface area contributed by atoms with Crippen molar-refractivity contribution in [3.05, 3.63) is 75.8 Å². The Hall–Kier alpha value is -2.37. The highest BCUT2D eigenvalue weighted by Crippen LogP contribution is 2.32. The van der Waals surface area contributed by atoms with Gasteiger partial charge in [-0.05, 0) is 47.0 Å². The third kappa shape index (κ3) is 4.15. The molecule has 0 spiro atoms. The lowest BCUT2D eigenvalue weighted by Crippen LogP contribution is -2.45. The number of hydrogen-bond donors (Lipinski definition) is 2. The molecule has 27 heavy (non-hydrogen) atoms. The molecule has 6 heteroatoms. The number of carbonyl (C=O) groups is 1. The Morgan fingerprint density at radius 3 is 2.30 bits per heavy atom. The normalized spacial score (nSPS) is 16.8. The van der Waals surface area contributed by atoms with Crippen LogP contribution in [0.4, 0.5) is 0 Å². The maximum atomic E-state index is 12.7. The molecule has 140 valence electrons. The number of hydrogen-bond acceptors (Lipinski definition) is 3. The molecule has 2 N–H and O–H groups in total. The van der Waals surface area contributed by atoms with Gasteiger partial charge in [-0.15, -0.1) is 0 Å². The molecular formula is C21H21ClN2O2S. The van der Waals surface area contributed by atoms with Crippen molar-refractivity contribution in [3.63, 3.8) is 0 Å². The Morgan fingerprint density at radius 2 is 1.74 bits per heavy atom. The number of ether oxygens (including phenoxy) is 1. The van der Waals surface area contributed by atoms with Gasteiger partial charge >= 0.3 is 5.97 Å². The molecule has 0 aromatic heterocycles. The van der Waals surface area contributed by atoms with Crippen LogP contribution in [0.5, 0.6) is 0 Å². The molecule has 3 rings (SSSR count). The molecule has 2 aromatic rings. The van der Waals surface area contributed by atoms with E-state index in [-0.39, 0.29) is 0 Å². The van der Waals surface area contributed by atoms with E-state index in [1.54, 1.807) is 12.1 Å². The van der Waals surface area contributed by atoms with Gasteiger partial charge in [0, 0.05) is 5.02 Å². The van der Waals surface area contributed by atoms with E-state index in [0.29, 0.717) is 27.3 Å². The predicted molar refractivity (Wildman–Crippen MR) is 113 cm³/mol. The topological polar surface area (TPSA) is 50.4 Å². The molecule has 0 bridgehead atoms. The van der Waals surface area contributed by atoms with E-state index in [1.807, 2.05) is 24.3 Å². The minimum atomic E-state index is -0.416. The minimum absolute atomic E-state index is 0.405. The summed E-state index contributed by atoms with van der Waals surface area (Å²) in [5.41, 5.74) is 4.09. The smallest absolute Gasteiger partial charge is 0.338 e. The zero-order valence-corrected chi connectivity index (χ0v) is 16.9. The molecule has 1 aliphatic heterocycles. The Labute approximate surface area is 169 Å². The number of nitrogens with one attached hydrogen (secondary N) is 2. The lowest BCUT2D eigenvalue weighted by atomic mass is 9.91. The van der Waals surface area contributed by atoms with E-state index in [2.05, 4.69) is 36.6 Å². The number of carbonyl (C=O) groups excluding carboxylic acids is 1. The molecule has 4 nitrogen and oxygen atoms in total. The number of esters is 1. The fourth-order valence-electron chi connectivity index (χ4n) is 3.06. The second-order valence-electron chi connectivity index (χ2n) is 6.64. The Morgan fingerprint density at radius 1 is 1.11 bits per heavy atom. The first kappa shape index (κ1) is 19.4. The fraction of sp³-hybridized carbons (Fsp3) is 0.238. The van der Waals surface area contributed by atoms with E-state index in [1.165, 1.54) is 12.7 Å². The Kier molecular flexibility index (Phi) is 5.82. The number of rotatable bonds is 4. The lowest BCUT2D eigenvalue weighted by molar-refractivity contribution is -0.136. The van der Waals surface area contributed by atoms with Crippen LogP contribution in [0.1, 0.15) is 42.5 Å². The molecule has 0 unspecified atom stereocenters. The van der Waals surface area contributed by atoms with Crippen molar-refractivity contribution in [2.75, 3.05) is 7.11 Å². The first-order chi connectivity index (χ1) is 12.9. The summed E-state index contributed by atoms with van der Waals surface area (Å²) >= 11 is 11.4. The molecule has 1 atom stereocenters. The number of methoxy groups -OCH3 is 1. The van der Waals surface area contributed by atoms with E-state index < -0.39 is 12.0 Å². The van der Waals surface area contributed by atoms with Crippen molar-refractivity contribution in [3.8, 4) is 0 Å². The molecule has 1 aliphatic rings. The van der Waals surface area contributed by atoms with Gasteiger partial charge in [0.05, 0.1) is 24.4 Å². The summed E-state index contributed by atoms with van der Waals surface area (Å²) < 4.78 is 5.07. The van der Waals surface area contributed by atoms with Crippen LogP contribution in [0.2, 0.25) is 5.02 Å². The highest BCUT2D eigenvalue weighted by atomic mass is 35.5. The highest BCUT2D eigenvalue weighted by Gasteiger charge is 2.32. The number of halogens is 1. The van der Waals surface area contributed by atoms with Gasteiger partial charge in [0.2, 0.25) is 0 Å². The van der Waals surface area contributed by atoms with Gasteiger partial charge in [0.15, 0.2) is 5.11 Å². The first-order valence-electron chi connectivity index (χ1n) is 8.66. The van der Waals surface area contributed by atoms with Gasteiger partial charge < -0.3 is 15.4 Å². The molecular weight excluding hydrogens is 380 g/mol. The van der Waals surface area contributed by atoms with E-state index >= 15 is 0 Å². The van der Waals surface area contributed by atoms with Gasteiger partial charge in [-0.2, -0.15) is 0 Å². The first-order valence-corrected chi connectivity index (χ1v) is 9.45. The van der Waals surface area contributed by atoms with Crippen molar-refractivity contribution in [1.82, 2.24) is 10.6 Å². The van der Waals surface area contributed by atoms with E-state index in [0.717, 1.165) is 11.1 Å². The van der Waals surface area contributed by atoms with Gasteiger partial charge in [0.1, 0.15) is 0 Å². The van der Waals surface area contributed by atoms with Crippen LogP contribution in [0.25, 0.3) is 5.70 Å². The standard InChI is InChI=1S/C21H21ClN2O2S/c1-12(2)13-4-6-14(7-5-13)18-17(20(25)26-3)19(24-21(27)23-18)15-8-10-16(22)11-9-15/h4-12,18H,1-3H3,(H2,23,24,27)/t18-/m1/s1. The largest absolute Gasteiger partial charge is 0.466 e. The molecule has 1 heterocycles. The van der Waals surface area contributed by atoms with Crippen LogP contribution in [0.15, 0.2) is 54.1 Å². The zero-order chi connectivity index (χ0) is 19.6. The summed E-state index contributed by atoms with van der Waals surface area (Å²) in [5.74, 6) is 0.0155. The number of benzene rings is 2. The molecule has 0 saturated carbocycles. The summed E-state index contributed by atoms with van der Waals surface area (Å²) in [6.07, 6.45) is 0. The van der Waals surface area contributed by atoms with Crippen molar-refractivity contribution in [2.45, 2.75) is 25.8 Å². The monoisotopic (exact) mass is 400 g/mol. The van der Waals surface area contributed by atoms with Crippen LogP contribution in [0.3, 0.4) is 0 Å². The molecule has 0 amide bonds. The van der Waals surface area contributed by atoms with Crippen molar-refractivity contribution in [2.24, 2.45) is 0 Å². The van der Waals surface area contributed by atoms with Crippen LogP contribution < -0.4 is 10.6 Å². The van der Waals surface area contributed by atoms with E-state index in [4.69, 9.17) is 28.6 Å². The van der Waals surface area contributed by atoms with Gasteiger partial charge in [0.25, 0.3) is 0 Å². The lowest BCUT2D eigenvalue weighted by Gasteiger charge is -2.31. The predicted octanol–water partition coefficient (Wildman–Crippen LogP) is 4.57. The summed E-state index contributed by atoms with van der Waals surface area (Å²) in [5, 5.41) is 7.37. The Balaban J connectivity index is 2.13. The Bertz CT molecular complexity index is 889. The third-order valence-corrected chi connectivity index (χ3v) is 5.02. The summed E-state index contributed by atoms with van der Waals surface area (Å²) in [7, 11) is 1.38. The van der Waals surface area contributed by atoms with Crippen molar-refractivity contribution >= 4 is 40.6 Å². The van der Waals surface area contributed by atoms with Crippen molar-refractivity contribution < 1.29 is 9.53 Å². The van der Waals surface area contributed by atoms with Crippen LogP contribution in [-0.4, -0.2) is 18.2 Å². The minimum Gasteiger partial charge on any atom is -0.466 e. The van der Waals surface area contributed by atoms with Gasteiger partial charge in [-0.1, -0.05) is 61.8 Å². The SMILES string of the molecule is COC(=O)C1=C(c2ccc(Cl)cc2)NC(=S)N[C@@H]1c1ccc(C(C)C)cc1. The van der Waals surface area contributed by atoms with Crippen LogP contribution in [-0.2, 0) is 9.53 Å². The summed E-state index contributed by atoms with van der Waals surface area (Å²) in [6, 6.07) is 15.0. The second-order valence-corrected chi connectivity index (χ2v) is 7.48. The van der Waals surface area contributed by atoms with Crippen LogP contribution in [0, 0.1) is 0 Å². The zero-order valence-electron chi connectivity index (χ0n) is 15.4. The van der Waals surface area contributed by atoms with Crippen LogP contribution >= 0.6 is 23.8 Å². The highest BCUT2D eigenvalue weighted by molar-refractivity contribution is 7.80.